The highest BCUT2D eigenvalue weighted by Gasteiger charge is 2.27. The van der Waals surface area contributed by atoms with Gasteiger partial charge in [0.2, 0.25) is 0 Å². The molecule has 0 radical (unpaired) electrons. The third-order valence-electron chi connectivity index (χ3n) is 4.91. The number of ether oxygens (including phenoxy) is 1. The Morgan fingerprint density at radius 2 is 1.19 bits per heavy atom. The van der Waals surface area contributed by atoms with Crippen molar-refractivity contribution in [3.8, 4) is 0 Å². The molecule has 3 heteroatoms. The minimum Gasteiger partial charge on any atom is -0.372 e. The molecule has 1 aliphatic heterocycles. The van der Waals surface area contributed by atoms with Crippen LogP contribution in [0.5, 0.6) is 0 Å². The summed E-state index contributed by atoms with van der Waals surface area (Å²) in [6.07, 6.45) is 0.503. The minimum atomic E-state index is -0.603. The maximum atomic E-state index is 5.97. The van der Waals surface area contributed by atoms with E-state index in [1.165, 1.54) is 21.6 Å². The average molecular weight is 375 g/mol. The second kappa shape index (κ2) is 8.25. The second-order valence-electron chi connectivity index (χ2n) is 7.16. The zero-order valence-electron chi connectivity index (χ0n) is 16.0. The number of para-hydroxylation sites is 1. The lowest BCUT2D eigenvalue weighted by Crippen LogP contribution is -2.47. The van der Waals surface area contributed by atoms with Gasteiger partial charge >= 0.3 is 0 Å². The van der Waals surface area contributed by atoms with Crippen molar-refractivity contribution in [2.24, 2.45) is 0 Å². The molecule has 0 bridgehead atoms. The summed E-state index contributed by atoms with van der Waals surface area (Å²) in [5.41, 5.74) is 1.35. The summed E-state index contributed by atoms with van der Waals surface area (Å²) in [5, 5.41) is 4.20. The van der Waals surface area contributed by atoms with Crippen molar-refractivity contribution in [2.45, 2.75) is 26.1 Å². The van der Waals surface area contributed by atoms with Crippen molar-refractivity contribution in [1.82, 2.24) is 0 Å². The fourth-order valence-corrected chi connectivity index (χ4v) is 6.35. The quantitative estimate of drug-likeness (QED) is 0.638. The molecular formula is C24H26NOP. The molecule has 1 aliphatic rings. The third-order valence-corrected chi connectivity index (χ3v) is 7.40. The molecule has 0 aliphatic carbocycles. The van der Waals surface area contributed by atoms with Crippen LogP contribution in [-0.2, 0) is 4.74 Å². The Hall–Kier alpha value is -2.15. The van der Waals surface area contributed by atoms with Crippen LogP contribution in [0.2, 0.25) is 0 Å². The van der Waals surface area contributed by atoms with E-state index in [4.69, 9.17) is 4.74 Å². The molecule has 27 heavy (non-hydrogen) atoms. The fourth-order valence-electron chi connectivity index (χ4n) is 3.88. The van der Waals surface area contributed by atoms with E-state index in [9.17, 15) is 0 Å². The summed E-state index contributed by atoms with van der Waals surface area (Å²) < 4.78 is 5.97. The van der Waals surface area contributed by atoms with Crippen LogP contribution in [0.25, 0.3) is 0 Å². The van der Waals surface area contributed by atoms with Crippen LogP contribution in [0.3, 0.4) is 0 Å². The Morgan fingerprint density at radius 3 is 1.74 bits per heavy atom. The molecule has 138 valence electrons. The molecule has 3 aromatic rings. The summed E-state index contributed by atoms with van der Waals surface area (Å²) in [6, 6.07) is 30.8. The van der Waals surface area contributed by atoms with Crippen LogP contribution < -0.4 is 20.8 Å². The van der Waals surface area contributed by atoms with E-state index < -0.39 is 7.92 Å². The van der Waals surface area contributed by atoms with Gasteiger partial charge in [-0.1, -0.05) is 78.9 Å². The first-order chi connectivity index (χ1) is 13.2. The van der Waals surface area contributed by atoms with Gasteiger partial charge < -0.3 is 9.64 Å². The zero-order valence-corrected chi connectivity index (χ0v) is 16.8. The number of morpholine rings is 1. The van der Waals surface area contributed by atoms with Crippen molar-refractivity contribution in [1.29, 1.82) is 0 Å². The second-order valence-corrected chi connectivity index (χ2v) is 9.34. The van der Waals surface area contributed by atoms with Gasteiger partial charge in [0.25, 0.3) is 0 Å². The Labute approximate surface area is 163 Å². The van der Waals surface area contributed by atoms with Gasteiger partial charge in [-0.3, -0.25) is 0 Å². The fraction of sp³-hybridized carbons (Fsp3) is 0.250. The van der Waals surface area contributed by atoms with E-state index in [2.05, 4.69) is 104 Å². The van der Waals surface area contributed by atoms with Crippen molar-refractivity contribution >= 4 is 29.5 Å². The molecular weight excluding hydrogens is 349 g/mol. The lowest BCUT2D eigenvalue weighted by Gasteiger charge is -2.38. The van der Waals surface area contributed by atoms with Crippen LogP contribution in [0, 0.1) is 0 Å². The molecule has 0 N–H and O–H groups in total. The van der Waals surface area contributed by atoms with Crippen molar-refractivity contribution in [3.05, 3.63) is 84.9 Å². The van der Waals surface area contributed by atoms with Gasteiger partial charge in [0.1, 0.15) is 0 Å². The largest absolute Gasteiger partial charge is 0.372 e. The standard InChI is InChI=1S/C24H26NOP/c1-19-17-25(18-20(2)26-19)23-15-9-10-16-24(23)27(21-11-5-3-6-12-21)22-13-7-4-8-14-22/h3-16,19-20H,17-18H2,1-2H3. The Balaban J connectivity index is 1.82. The predicted octanol–water partition coefficient (Wildman–Crippen LogP) is 4.06. The summed E-state index contributed by atoms with van der Waals surface area (Å²) in [5.74, 6) is 0. The van der Waals surface area contributed by atoms with Gasteiger partial charge in [0, 0.05) is 24.1 Å². The van der Waals surface area contributed by atoms with E-state index in [0.717, 1.165) is 13.1 Å². The van der Waals surface area contributed by atoms with Gasteiger partial charge in [-0.25, -0.2) is 0 Å². The third kappa shape index (κ3) is 4.08. The van der Waals surface area contributed by atoms with Gasteiger partial charge in [0.05, 0.1) is 12.2 Å². The molecule has 2 atom stereocenters. The molecule has 0 saturated carbocycles. The van der Waals surface area contributed by atoms with Crippen molar-refractivity contribution < 1.29 is 4.74 Å². The highest BCUT2D eigenvalue weighted by atomic mass is 31.1. The van der Waals surface area contributed by atoms with Crippen LogP contribution in [0.1, 0.15) is 13.8 Å². The minimum absolute atomic E-state index is 0.251. The van der Waals surface area contributed by atoms with E-state index in [-0.39, 0.29) is 12.2 Å². The molecule has 1 heterocycles. The van der Waals surface area contributed by atoms with Crippen LogP contribution >= 0.6 is 7.92 Å². The summed E-state index contributed by atoms with van der Waals surface area (Å²) in [7, 11) is -0.603. The molecule has 0 spiro atoms. The number of rotatable bonds is 4. The molecule has 0 aromatic heterocycles. The first-order valence-corrected chi connectivity index (χ1v) is 11.0. The van der Waals surface area contributed by atoms with Crippen LogP contribution in [0.4, 0.5) is 5.69 Å². The number of hydrogen-bond donors (Lipinski definition) is 0. The summed E-state index contributed by atoms with van der Waals surface area (Å²) >= 11 is 0. The maximum absolute atomic E-state index is 5.97. The normalized spacial score (nSPS) is 20.0. The first-order valence-electron chi connectivity index (χ1n) is 9.62. The molecule has 1 saturated heterocycles. The van der Waals surface area contributed by atoms with Gasteiger partial charge in [-0.2, -0.15) is 0 Å². The van der Waals surface area contributed by atoms with Crippen LogP contribution in [-0.4, -0.2) is 25.3 Å². The first kappa shape index (κ1) is 18.2. The predicted molar refractivity (Wildman–Crippen MR) is 117 cm³/mol. The van der Waals surface area contributed by atoms with E-state index in [1.54, 1.807) is 0 Å². The summed E-state index contributed by atoms with van der Waals surface area (Å²) in [6.45, 7) is 6.22. The lowest BCUT2D eigenvalue weighted by atomic mass is 10.2. The molecule has 3 aromatic carbocycles. The highest BCUT2D eigenvalue weighted by Crippen LogP contribution is 2.37. The molecule has 2 nitrogen and oxygen atoms in total. The van der Waals surface area contributed by atoms with Crippen molar-refractivity contribution in [3.63, 3.8) is 0 Å². The number of benzene rings is 3. The van der Waals surface area contributed by atoms with Crippen molar-refractivity contribution in [2.75, 3.05) is 18.0 Å². The Bertz CT molecular complexity index is 818. The van der Waals surface area contributed by atoms with Crippen LogP contribution in [0.15, 0.2) is 84.9 Å². The topological polar surface area (TPSA) is 12.5 Å². The van der Waals surface area contributed by atoms with Gasteiger partial charge in [-0.05, 0) is 38.4 Å². The highest BCUT2D eigenvalue weighted by molar-refractivity contribution is 7.80. The molecule has 2 unspecified atom stereocenters. The number of anilines is 1. The molecule has 4 rings (SSSR count). The maximum Gasteiger partial charge on any atom is 0.0726 e. The number of hydrogen-bond acceptors (Lipinski definition) is 2. The van der Waals surface area contributed by atoms with E-state index in [1.807, 2.05) is 0 Å². The smallest absolute Gasteiger partial charge is 0.0726 e. The molecule has 0 amide bonds. The Kier molecular flexibility index (Phi) is 5.57. The number of nitrogens with zero attached hydrogens (tertiary/aromatic N) is 1. The average Bonchev–Trinajstić information content (AvgIpc) is 2.70. The van der Waals surface area contributed by atoms with Gasteiger partial charge in [-0.15, -0.1) is 0 Å². The SMILES string of the molecule is CC1CN(c2ccccc2P(c2ccccc2)c2ccccc2)CC(C)O1. The van der Waals surface area contributed by atoms with E-state index in [0.29, 0.717) is 0 Å². The Morgan fingerprint density at radius 1 is 0.704 bits per heavy atom. The van der Waals surface area contributed by atoms with Gasteiger partial charge in [0.15, 0.2) is 0 Å². The molecule has 1 fully saturated rings. The van der Waals surface area contributed by atoms with E-state index >= 15 is 0 Å². The summed E-state index contributed by atoms with van der Waals surface area (Å²) in [4.78, 5) is 2.51. The lowest BCUT2D eigenvalue weighted by molar-refractivity contribution is -0.00515. The monoisotopic (exact) mass is 375 g/mol. The zero-order chi connectivity index (χ0) is 18.6.